The van der Waals surface area contributed by atoms with E-state index in [9.17, 15) is 10.1 Å². The highest BCUT2D eigenvalue weighted by molar-refractivity contribution is 7.99. The van der Waals surface area contributed by atoms with Crippen LogP contribution in [0.5, 0.6) is 0 Å². The van der Waals surface area contributed by atoms with E-state index in [4.69, 9.17) is 34.7 Å². The van der Waals surface area contributed by atoms with E-state index in [2.05, 4.69) is 15.2 Å². The van der Waals surface area contributed by atoms with Gasteiger partial charge in [-0.15, -0.1) is 17.5 Å². The van der Waals surface area contributed by atoms with E-state index in [-0.39, 0.29) is 34.1 Å². The molecular weight excluding hydrogens is 425 g/mol. The molecule has 0 spiro atoms. The van der Waals surface area contributed by atoms with E-state index in [0.29, 0.717) is 23.5 Å². The number of nitrogens with two attached hydrogens (primary N) is 2. The number of guanidine groups is 1. The number of imidazole rings is 1. The van der Waals surface area contributed by atoms with E-state index in [1.807, 2.05) is 4.57 Å². The van der Waals surface area contributed by atoms with Gasteiger partial charge in [0, 0.05) is 23.9 Å². The molecule has 0 fully saturated rings. The lowest BCUT2D eigenvalue weighted by molar-refractivity contribution is -0.384. The van der Waals surface area contributed by atoms with E-state index in [1.165, 1.54) is 18.3 Å². The first kappa shape index (κ1) is 20.3. The molecule has 0 radical (unpaired) electrons. The Kier molecular flexibility index (Phi) is 6.34. The summed E-state index contributed by atoms with van der Waals surface area (Å²) in [5.74, 6) is 0.675. The molecule has 1 aliphatic heterocycles. The zero-order valence-corrected chi connectivity index (χ0v) is 16.1. The third kappa shape index (κ3) is 3.88. The van der Waals surface area contributed by atoms with Crippen molar-refractivity contribution in [3.8, 4) is 11.3 Å². The van der Waals surface area contributed by atoms with Crippen molar-refractivity contribution in [2.45, 2.75) is 11.7 Å². The lowest BCUT2D eigenvalue weighted by Gasteiger charge is -2.06. The number of aromatic nitrogens is 2. The average Bonchev–Trinajstić information content (AvgIpc) is 3.09. The number of hydrogen-bond acceptors (Lipinski definition) is 6. The first-order chi connectivity index (χ1) is 11.9. The fourth-order valence-corrected chi connectivity index (χ4v) is 3.84. The van der Waals surface area contributed by atoms with Crippen molar-refractivity contribution in [1.29, 1.82) is 0 Å². The summed E-state index contributed by atoms with van der Waals surface area (Å²) in [7, 11) is 0. The summed E-state index contributed by atoms with van der Waals surface area (Å²) in [6.45, 7) is 0.712. The minimum Gasteiger partial charge on any atom is -0.369 e. The van der Waals surface area contributed by atoms with Crippen molar-refractivity contribution in [3.63, 3.8) is 0 Å². The van der Waals surface area contributed by atoms with Gasteiger partial charge in [0.15, 0.2) is 5.16 Å². The monoisotopic (exact) mass is 435 g/mol. The molecule has 13 heteroatoms. The van der Waals surface area contributed by atoms with E-state index in [0.717, 1.165) is 10.9 Å². The number of nitro groups is 1. The van der Waals surface area contributed by atoms with Gasteiger partial charge in [0.25, 0.3) is 5.69 Å². The number of benzene rings is 1. The van der Waals surface area contributed by atoms with Crippen molar-refractivity contribution < 1.29 is 4.92 Å². The second-order valence-corrected chi connectivity index (χ2v) is 6.81. The first-order valence-corrected chi connectivity index (χ1v) is 8.61. The highest BCUT2D eigenvalue weighted by Gasteiger charge is 2.25. The van der Waals surface area contributed by atoms with Crippen LogP contribution in [0, 0.1) is 10.1 Å². The normalized spacial score (nSPS) is 12.7. The quantitative estimate of drug-likeness (QED) is 0.327. The molecule has 0 saturated carbocycles. The van der Waals surface area contributed by atoms with Crippen LogP contribution in [0.4, 0.5) is 5.69 Å². The molecule has 26 heavy (non-hydrogen) atoms. The van der Waals surface area contributed by atoms with E-state index >= 15 is 0 Å². The maximum Gasteiger partial charge on any atom is 0.288 e. The number of nitro benzene ring substituents is 1. The van der Waals surface area contributed by atoms with Crippen LogP contribution in [0.1, 0.15) is 5.69 Å². The molecule has 2 aromatic rings. The molecular formula is C13H12Cl3N7O2S. The Balaban J connectivity index is 0.00000243. The third-order valence-electron chi connectivity index (χ3n) is 3.36. The number of thioether (sulfide) groups is 1. The topological polar surface area (TPSA) is 138 Å². The molecule has 0 unspecified atom stereocenters. The molecule has 0 saturated heterocycles. The fraction of sp³-hybridized carbons (Fsp3) is 0.154. The maximum absolute atomic E-state index is 11.2. The molecule has 0 aliphatic carbocycles. The molecule has 2 heterocycles. The number of nitrogens with zero attached hydrogens (tertiary/aromatic N) is 5. The average molecular weight is 437 g/mol. The van der Waals surface area contributed by atoms with Crippen molar-refractivity contribution in [2.75, 3.05) is 5.75 Å². The third-order valence-corrected chi connectivity index (χ3v) is 4.93. The van der Waals surface area contributed by atoms with Gasteiger partial charge < -0.3 is 16.0 Å². The minimum absolute atomic E-state index is 0. The molecule has 0 atom stereocenters. The van der Waals surface area contributed by atoms with E-state index < -0.39 is 4.92 Å². The second kappa shape index (κ2) is 8.12. The molecule has 1 aromatic heterocycles. The van der Waals surface area contributed by atoms with Gasteiger partial charge in [0.05, 0.1) is 21.9 Å². The van der Waals surface area contributed by atoms with Gasteiger partial charge >= 0.3 is 0 Å². The van der Waals surface area contributed by atoms with Crippen LogP contribution >= 0.6 is 47.4 Å². The van der Waals surface area contributed by atoms with Crippen LogP contribution in [0.25, 0.3) is 11.3 Å². The standard InChI is InChI=1S/C13H11Cl2N7O2S.ClH/c14-7-4-8(15)9(22(23)24)3-6(7)11-10(5-18-20-12(16)17)21-1-2-25-13(21)19-11;/h3-5H,1-2H2,(H4,16,17,20);1H/b18-5+;. The number of fused-ring (bicyclic) bond motifs is 1. The molecule has 4 N–H and O–H groups in total. The summed E-state index contributed by atoms with van der Waals surface area (Å²) in [4.78, 5) is 15.1. The van der Waals surface area contributed by atoms with Crippen LogP contribution < -0.4 is 11.5 Å². The molecule has 3 rings (SSSR count). The van der Waals surface area contributed by atoms with Crippen molar-refractivity contribution in [3.05, 3.63) is 38.0 Å². The Hall–Kier alpha value is -2.01. The van der Waals surface area contributed by atoms with Crippen LogP contribution in [0.3, 0.4) is 0 Å². The van der Waals surface area contributed by atoms with Crippen LogP contribution in [0.15, 0.2) is 27.5 Å². The number of rotatable bonds is 4. The van der Waals surface area contributed by atoms with Gasteiger partial charge in [-0.05, 0) is 6.07 Å². The van der Waals surface area contributed by atoms with Crippen LogP contribution in [-0.2, 0) is 6.54 Å². The SMILES string of the molecule is Cl.NC(N)=N/N=C/c1c(-c2cc([N+](=O)[O-])c(Cl)cc2Cl)nc2n1CCS2. The molecule has 138 valence electrons. The maximum atomic E-state index is 11.2. The fourth-order valence-electron chi connectivity index (χ4n) is 2.34. The van der Waals surface area contributed by atoms with Gasteiger partial charge in [-0.1, -0.05) is 35.0 Å². The van der Waals surface area contributed by atoms with Gasteiger partial charge in [0.2, 0.25) is 5.96 Å². The highest BCUT2D eigenvalue weighted by Crippen LogP contribution is 2.39. The zero-order chi connectivity index (χ0) is 18.1. The van der Waals surface area contributed by atoms with Gasteiger partial charge in [-0.3, -0.25) is 10.1 Å². The van der Waals surface area contributed by atoms with Gasteiger partial charge in [-0.25, -0.2) is 4.98 Å². The summed E-state index contributed by atoms with van der Waals surface area (Å²) >= 11 is 13.7. The van der Waals surface area contributed by atoms with Gasteiger partial charge in [0.1, 0.15) is 10.7 Å². The predicted octanol–water partition coefficient (Wildman–Crippen LogP) is 2.90. The lowest BCUT2D eigenvalue weighted by atomic mass is 10.1. The molecule has 0 amide bonds. The van der Waals surface area contributed by atoms with Crippen molar-refractivity contribution in [2.24, 2.45) is 21.7 Å². The summed E-state index contributed by atoms with van der Waals surface area (Å²) in [5, 5.41) is 19.5. The van der Waals surface area contributed by atoms with Gasteiger partial charge in [-0.2, -0.15) is 5.10 Å². The number of hydrogen-bond donors (Lipinski definition) is 2. The zero-order valence-electron chi connectivity index (χ0n) is 12.9. The Morgan fingerprint density at radius 3 is 2.77 bits per heavy atom. The minimum atomic E-state index is -0.576. The number of halogens is 3. The van der Waals surface area contributed by atoms with Crippen molar-refractivity contribution in [1.82, 2.24) is 9.55 Å². The van der Waals surface area contributed by atoms with Crippen molar-refractivity contribution >= 4 is 65.2 Å². The first-order valence-electron chi connectivity index (χ1n) is 6.87. The van der Waals surface area contributed by atoms with Crippen LogP contribution in [-0.4, -0.2) is 32.4 Å². The largest absolute Gasteiger partial charge is 0.369 e. The smallest absolute Gasteiger partial charge is 0.288 e. The summed E-state index contributed by atoms with van der Waals surface area (Å²) < 4.78 is 1.92. The molecule has 1 aliphatic rings. The summed E-state index contributed by atoms with van der Waals surface area (Å²) in [6, 6.07) is 2.62. The Labute approximate surface area is 168 Å². The summed E-state index contributed by atoms with van der Waals surface area (Å²) in [5.41, 5.74) is 11.7. The molecule has 0 bridgehead atoms. The predicted molar refractivity (Wildman–Crippen MR) is 106 cm³/mol. The Morgan fingerprint density at radius 1 is 1.38 bits per heavy atom. The Morgan fingerprint density at radius 2 is 2.12 bits per heavy atom. The highest BCUT2D eigenvalue weighted by atomic mass is 35.5. The summed E-state index contributed by atoms with van der Waals surface area (Å²) in [6.07, 6.45) is 1.44. The van der Waals surface area contributed by atoms with E-state index in [1.54, 1.807) is 11.8 Å². The van der Waals surface area contributed by atoms with Crippen LogP contribution in [0.2, 0.25) is 10.0 Å². The molecule has 1 aromatic carbocycles. The lowest BCUT2D eigenvalue weighted by Crippen LogP contribution is -2.21. The Bertz CT molecular complexity index is 925. The molecule has 9 nitrogen and oxygen atoms in total. The second-order valence-electron chi connectivity index (χ2n) is 4.94.